The van der Waals surface area contributed by atoms with Gasteiger partial charge in [0.2, 0.25) is 0 Å². The van der Waals surface area contributed by atoms with Crippen LogP contribution in [0.15, 0.2) is 78.2 Å². The van der Waals surface area contributed by atoms with Crippen LogP contribution in [0.4, 0.5) is 5.69 Å². The first-order valence-electron chi connectivity index (χ1n) is 11.5. The number of methoxy groups -OCH3 is 2. The second-order valence-corrected chi connectivity index (χ2v) is 7.65. The molecular weight excluding hydrogens is 462 g/mol. The van der Waals surface area contributed by atoms with Gasteiger partial charge in [-0.2, -0.15) is 0 Å². The van der Waals surface area contributed by atoms with Crippen molar-refractivity contribution in [2.75, 3.05) is 32.3 Å². The lowest BCUT2D eigenvalue weighted by atomic mass is 9.82. The summed E-state index contributed by atoms with van der Waals surface area (Å²) in [5, 5.41) is 0. The van der Waals surface area contributed by atoms with Crippen molar-refractivity contribution in [1.29, 1.82) is 0 Å². The van der Waals surface area contributed by atoms with E-state index in [1.165, 1.54) is 13.2 Å². The van der Waals surface area contributed by atoms with Crippen LogP contribution in [-0.4, -0.2) is 45.3 Å². The number of carbonyl (C=O) groups excluding carboxylic acids is 3. The molecule has 0 radical (unpaired) electrons. The van der Waals surface area contributed by atoms with E-state index in [1.807, 2.05) is 18.2 Å². The minimum atomic E-state index is -0.763. The molecule has 1 aliphatic heterocycles. The molecule has 0 bridgehead atoms. The van der Waals surface area contributed by atoms with Crippen LogP contribution in [0.3, 0.4) is 0 Å². The molecule has 8 heteroatoms. The molecule has 36 heavy (non-hydrogen) atoms. The van der Waals surface area contributed by atoms with Gasteiger partial charge < -0.3 is 23.8 Å². The maximum absolute atomic E-state index is 13.2. The highest BCUT2D eigenvalue weighted by atomic mass is 16.5. The number of para-hydroxylation sites is 2. The molecule has 2 aromatic carbocycles. The second kappa shape index (κ2) is 12.4. The van der Waals surface area contributed by atoms with Crippen molar-refractivity contribution in [3.8, 4) is 5.75 Å². The Kier molecular flexibility index (Phi) is 9.05. The smallest absolute Gasteiger partial charge is 0.336 e. The van der Waals surface area contributed by atoms with Gasteiger partial charge in [0.05, 0.1) is 50.2 Å². The fraction of sp³-hybridized carbons (Fsp3) is 0.250. The van der Waals surface area contributed by atoms with Crippen LogP contribution in [0.5, 0.6) is 5.75 Å². The van der Waals surface area contributed by atoms with E-state index < -0.39 is 23.8 Å². The lowest BCUT2D eigenvalue weighted by Gasteiger charge is -2.31. The minimum Gasteiger partial charge on any atom is -0.495 e. The summed E-state index contributed by atoms with van der Waals surface area (Å²) < 4.78 is 20.9. The lowest BCUT2D eigenvalue weighted by molar-refractivity contribution is -0.139. The highest BCUT2D eigenvalue weighted by Gasteiger charge is 2.36. The second-order valence-electron chi connectivity index (χ2n) is 7.65. The Morgan fingerprint density at radius 2 is 1.53 bits per heavy atom. The molecule has 0 unspecified atom stereocenters. The van der Waals surface area contributed by atoms with Gasteiger partial charge in [-0.15, -0.1) is 0 Å². The molecule has 8 nitrogen and oxygen atoms in total. The molecule has 2 aromatic rings. The fourth-order valence-electron chi connectivity index (χ4n) is 3.84. The topological polar surface area (TPSA) is 91.4 Å². The third kappa shape index (κ3) is 6.02. The summed E-state index contributed by atoms with van der Waals surface area (Å²) in [6.45, 7) is 3.76. The number of nitrogens with zero attached hydrogens (tertiary/aromatic N) is 1. The average Bonchev–Trinajstić information content (AvgIpc) is 2.91. The zero-order chi connectivity index (χ0) is 26.1. The molecule has 1 aliphatic rings. The third-order valence-corrected chi connectivity index (χ3v) is 5.42. The Morgan fingerprint density at radius 3 is 2.11 bits per heavy atom. The Bertz CT molecular complexity index is 1180. The summed E-state index contributed by atoms with van der Waals surface area (Å²) in [6.07, 6.45) is 6.18. The number of anilines is 1. The van der Waals surface area contributed by atoms with Crippen LogP contribution in [0.25, 0.3) is 6.08 Å². The normalized spacial score (nSPS) is 13.6. The molecule has 0 spiro atoms. The fourth-order valence-corrected chi connectivity index (χ4v) is 3.84. The SMILES string of the molecule is CCOC(=O)C1=CN(c2ccccc2OC)C=C(C(=O)OCC)C1c1cccc(/C=C/C(=O)OC)c1. The third-order valence-electron chi connectivity index (χ3n) is 5.42. The molecule has 0 aromatic heterocycles. The summed E-state index contributed by atoms with van der Waals surface area (Å²) in [5.41, 5.74) is 2.48. The zero-order valence-electron chi connectivity index (χ0n) is 20.7. The maximum Gasteiger partial charge on any atom is 0.336 e. The van der Waals surface area contributed by atoms with Gasteiger partial charge in [0.15, 0.2) is 0 Å². The summed E-state index contributed by atoms with van der Waals surface area (Å²) in [6, 6.07) is 14.4. The molecular formula is C28H29NO7. The van der Waals surface area contributed by atoms with Crippen LogP contribution in [0, 0.1) is 0 Å². The van der Waals surface area contributed by atoms with Gasteiger partial charge in [-0.3, -0.25) is 0 Å². The number of rotatable bonds is 9. The van der Waals surface area contributed by atoms with E-state index in [1.54, 1.807) is 74.7 Å². The van der Waals surface area contributed by atoms with Gasteiger partial charge in [-0.25, -0.2) is 14.4 Å². The summed E-state index contributed by atoms with van der Waals surface area (Å²) in [4.78, 5) is 39.6. The van der Waals surface area contributed by atoms with Gasteiger partial charge in [0.25, 0.3) is 0 Å². The molecule has 0 saturated carbocycles. The molecule has 3 rings (SSSR count). The van der Waals surface area contributed by atoms with Crippen LogP contribution in [-0.2, 0) is 28.6 Å². The number of benzene rings is 2. The van der Waals surface area contributed by atoms with Crippen LogP contribution in [0.1, 0.15) is 30.9 Å². The van der Waals surface area contributed by atoms with E-state index in [0.29, 0.717) is 22.6 Å². The van der Waals surface area contributed by atoms with Crippen LogP contribution in [0.2, 0.25) is 0 Å². The zero-order valence-corrected chi connectivity index (χ0v) is 20.7. The predicted octanol–water partition coefficient (Wildman–Crippen LogP) is 4.38. The quantitative estimate of drug-likeness (QED) is 0.290. The van der Waals surface area contributed by atoms with Gasteiger partial charge in [0, 0.05) is 18.5 Å². The molecule has 188 valence electrons. The van der Waals surface area contributed by atoms with Crippen molar-refractivity contribution in [3.63, 3.8) is 0 Å². The Morgan fingerprint density at radius 1 is 0.889 bits per heavy atom. The number of ether oxygens (including phenoxy) is 4. The van der Waals surface area contributed by atoms with Crippen molar-refractivity contribution in [2.24, 2.45) is 0 Å². The van der Waals surface area contributed by atoms with Crippen molar-refractivity contribution in [1.82, 2.24) is 0 Å². The number of hydrogen-bond acceptors (Lipinski definition) is 8. The van der Waals surface area contributed by atoms with Gasteiger partial charge in [-0.05, 0) is 43.2 Å². The van der Waals surface area contributed by atoms with Crippen molar-refractivity contribution < 1.29 is 33.3 Å². The Balaban J connectivity index is 2.18. The van der Waals surface area contributed by atoms with E-state index in [4.69, 9.17) is 14.2 Å². The summed E-state index contributed by atoms with van der Waals surface area (Å²) in [7, 11) is 2.84. The average molecular weight is 492 g/mol. The molecule has 0 aliphatic carbocycles. The monoisotopic (exact) mass is 491 g/mol. The Labute approximate surface area is 210 Å². The van der Waals surface area contributed by atoms with E-state index in [0.717, 1.165) is 0 Å². The summed E-state index contributed by atoms with van der Waals surface area (Å²) >= 11 is 0. The van der Waals surface area contributed by atoms with Gasteiger partial charge in [0.1, 0.15) is 5.75 Å². The largest absolute Gasteiger partial charge is 0.495 e. The van der Waals surface area contributed by atoms with Crippen molar-refractivity contribution >= 4 is 29.7 Å². The van der Waals surface area contributed by atoms with Crippen molar-refractivity contribution in [3.05, 3.63) is 89.3 Å². The first kappa shape index (κ1) is 26.3. The number of carbonyl (C=O) groups is 3. The van der Waals surface area contributed by atoms with Crippen molar-refractivity contribution in [2.45, 2.75) is 19.8 Å². The molecule has 0 N–H and O–H groups in total. The first-order chi connectivity index (χ1) is 17.4. The van der Waals surface area contributed by atoms with Crippen LogP contribution >= 0.6 is 0 Å². The molecule has 0 atom stereocenters. The standard InChI is InChI=1S/C28H29NO7/c1-5-35-27(31)21-17-29(23-12-7-8-13-24(23)33-3)18-22(28(32)36-6-2)26(21)20-11-9-10-19(16-20)14-15-25(30)34-4/h7-18,26H,5-6H2,1-4H3/b15-14+. The number of hydrogen-bond donors (Lipinski definition) is 0. The van der Waals surface area contributed by atoms with E-state index in [-0.39, 0.29) is 24.4 Å². The number of esters is 3. The predicted molar refractivity (Wildman–Crippen MR) is 135 cm³/mol. The first-order valence-corrected chi connectivity index (χ1v) is 11.5. The van der Waals surface area contributed by atoms with E-state index in [2.05, 4.69) is 4.74 Å². The van der Waals surface area contributed by atoms with Crippen LogP contribution < -0.4 is 9.64 Å². The molecule has 0 fully saturated rings. The van der Waals surface area contributed by atoms with Gasteiger partial charge >= 0.3 is 17.9 Å². The van der Waals surface area contributed by atoms with E-state index >= 15 is 0 Å². The molecule has 0 saturated heterocycles. The van der Waals surface area contributed by atoms with Gasteiger partial charge in [-0.1, -0.05) is 36.4 Å². The summed E-state index contributed by atoms with van der Waals surface area (Å²) in [5.74, 6) is -1.82. The Hall–Kier alpha value is -4.33. The highest BCUT2D eigenvalue weighted by molar-refractivity contribution is 6.00. The molecule has 0 amide bonds. The van der Waals surface area contributed by atoms with E-state index in [9.17, 15) is 14.4 Å². The lowest BCUT2D eigenvalue weighted by Crippen LogP contribution is -2.29. The minimum absolute atomic E-state index is 0.165. The molecule has 1 heterocycles. The maximum atomic E-state index is 13.2. The highest BCUT2D eigenvalue weighted by Crippen LogP contribution is 2.40.